The van der Waals surface area contributed by atoms with Crippen molar-refractivity contribution in [3.05, 3.63) is 53.1 Å². The lowest BCUT2D eigenvalue weighted by molar-refractivity contribution is -0.137. The maximum absolute atomic E-state index is 13.0. The average Bonchev–Trinajstić information content (AvgIpc) is 2.87. The number of alkyl halides is 3. The molecule has 0 saturated heterocycles. The molecule has 8 heteroatoms. The molecule has 0 saturated carbocycles. The Morgan fingerprint density at radius 1 is 1.04 bits per heavy atom. The second-order valence-corrected chi connectivity index (χ2v) is 5.41. The zero-order valence-corrected chi connectivity index (χ0v) is 11.8. The monoisotopic (exact) mass is 323 g/mol. The first kappa shape index (κ1) is 16.0. The molecule has 4 N–H and O–H groups in total. The summed E-state index contributed by atoms with van der Waals surface area (Å²) in [5, 5.41) is 30.9. The van der Waals surface area contributed by atoms with Gasteiger partial charge in [0.2, 0.25) is 0 Å². The maximum atomic E-state index is 13.0. The number of halogens is 3. The molecule has 23 heavy (non-hydrogen) atoms. The van der Waals surface area contributed by atoms with E-state index >= 15 is 0 Å². The van der Waals surface area contributed by atoms with E-state index in [-0.39, 0.29) is 11.0 Å². The van der Waals surface area contributed by atoms with Crippen molar-refractivity contribution in [2.75, 3.05) is 0 Å². The van der Waals surface area contributed by atoms with E-state index < -0.39 is 25.1 Å². The van der Waals surface area contributed by atoms with E-state index in [1.807, 2.05) is 0 Å². The van der Waals surface area contributed by atoms with E-state index in [1.165, 1.54) is 6.07 Å². The van der Waals surface area contributed by atoms with Crippen LogP contribution in [0, 0.1) is 0 Å². The molecule has 2 aromatic rings. The van der Waals surface area contributed by atoms with Crippen molar-refractivity contribution in [2.45, 2.75) is 18.9 Å². The van der Waals surface area contributed by atoms with Gasteiger partial charge in [-0.25, -0.2) is 0 Å². The zero-order chi connectivity index (χ0) is 16.8. The van der Waals surface area contributed by atoms with Gasteiger partial charge < -0.3 is 15.2 Å². The molecule has 0 radical (unpaired) electrons. The summed E-state index contributed by atoms with van der Waals surface area (Å²) >= 11 is 0. The highest BCUT2D eigenvalue weighted by Crippen LogP contribution is 2.33. The molecule has 0 aromatic heterocycles. The quantitative estimate of drug-likeness (QED) is 0.626. The van der Waals surface area contributed by atoms with Crippen LogP contribution in [0.5, 0.6) is 0 Å². The lowest BCUT2D eigenvalue weighted by Gasteiger charge is -2.13. The fourth-order valence-corrected chi connectivity index (χ4v) is 2.65. The van der Waals surface area contributed by atoms with Gasteiger partial charge in [-0.05, 0) is 39.8 Å². The van der Waals surface area contributed by atoms with Gasteiger partial charge in [-0.1, -0.05) is 24.3 Å². The van der Waals surface area contributed by atoms with Crippen LogP contribution in [0.25, 0.3) is 11.1 Å². The number of nitrogens with one attached hydrogen (secondary N) is 1. The summed E-state index contributed by atoms with van der Waals surface area (Å²) in [6, 6.07) is 7.91. The van der Waals surface area contributed by atoms with Gasteiger partial charge in [-0.3, -0.25) is 5.32 Å². The predicted molar refractivity (Wildman–Crippen MR) is 78.5 cm³/mol. The highest BCUT2D eigenvalue weighted by molar-refractivity contribution is 6.58. The molecule has 1 aliphatic heterocycles. The Bertz CT molecular complexity index is 749. The molecule has 0 spiro atoms. The maximum Gasteiger partial charge on any atom is 0.488 e. The fraction of sp³-hybridized carbons (Fsp3) is 0.200. The summed E-state index contributed by atoms with van der Waals surface area (Å²) in [5.41, 5.74) is 1.03. The van der Waals surface area contributed by atoms with Crippen molar-refractivity contribution in [2.24, 2.45) is 0 Å². The van der Waals surface area contributed by atoms with Crippen molar-refractivity contribution in [1.29, 1.82) is 0 Å². The van der Waals surface area contributed by atoms with Crippen LogP contribution in [0.15, 0.2) is 36.4 Å². The lowest BCUT2D eigenvalue weighted by atomic mass is 9.78. The first-order chi connectivity index (χ1) is 10.8. The number of aliphatic hydroxyl groups is 1. The average molecular weight is 323 g/mol. The largest absolute Gasteiger partial charge is 0.488 e. The van der Waals surface area contributed by atoms with Crippen LogP contribution in [0.2, 0.25) is 0 Å². The smallest absolute Gasteiger partial charge is 0.423 e. The van der Waals surface area contributed by atoms with Gasteiger partial charge in [0.15, 0.2) is 0 Å². The number of rotatable bonds is 2. The number of hydrogen-bond acceptors (Lipinski definition) is 4. The van der Waals surface area contributed by atoms with Gasteiger partial charge in [0.1, 0.15) is 6.23 Å². The molecule has 1 unspecified atom stereocenters. The van der Waals surface area contributed by atoms with Crippen molar-refractivity contribution in [3.8, 4) is 11.1 Å². The summed E-state index contributed by atoms with van der Waals surface area (Å²) < 4.78 is 39.0. The Balaban J connectivity index is 2.11. The predicted octanol–water partition coefficient (Wildman–Crippen LogP) is 1.15. The highest BCUT2D eigenvalue weighted by Gasteiger charge is 2.32. The summed E-state index contributed by atoms with van der Waals surface area (Å²) in [7, 11) is -1.99. The third-order valence-electron chi connectivity index (χ3n) is 3.84. The lowest BCUT2D eigenvalue weighted by Crippen LogP contribution is -2.31. The van der Waals surface area contributed by atoms with Crippen molar-refractivity contribution in [1.82, 2.24) is 5.32 Å². The van der Waals surface area contributed by atoms with E-state index in [0.29, 0.717) is 23.7 Å². The van der Waals surface area contributed by atoms with E-state index in [2.05, 4.69) is 5.32 Å². The van der Waals surface area contributed by atoms with Gasteiger partial charge >= 0.3 is 13.3 Å². The SMILES string of the molecule is OB(O)c1cc(-c2ccc3c(c2)CNC3O)cc(C(F)(F)F)c1. The molecule has 0 aliphatic carbocycles. The molecular weight excluding hydrogens is 310 g/mol. The van der Waals surface area contributed by atoms with Gasteiger partial charge in [0.05, 0.1) is 5.56 Å². The Labute approximate surface area is 130 Å². The summed E-state index contributed by atoms with van der Waals surface area (Å²) in [4.78, 5) is 0. The summed E-state index contributed by atoms with van der Waals surface area (Å²) in [5.74, 6) is 0. The van der Waals surface area contributed by atoms with Crippen LogP contribution in [-0.2, 0) is 12.7 Å². The van der Waals surface area contributed by atoms with Crippen LogP contribution >= 0.6 is 0 Å². The van der Waals surface area contributed by atoms with Crippen molar-refractivity contribution >= 4 is 12.6 Å². The normalized spacial score (nSPS) is 17.2. The minimum atomic E-state index is -4.59. The van der Waals surface area contributed by atoms with Gasteiger partial charge in [0, 0.05) is 6.54 Å². The third kappa shape index (κ3) is 3.11. The molecular formula is C15H13BF3NO3. The first-order valence-corrected chi connectivity index (χ1v) is 6.88. The molecule has 1 atom stereocenters. The van der Waals surface area contributed by atoms with Crippen LogP contribution < -0.4 is 10.8 Å². The number of aliphatic hydroxyl groups excluding tert-OH is 1. The number of hydrogen-bond donors (Lipinski definition) is 4. The van der Waals surface area contributed by atoms with E-state index in [9.17, 15) is 28.3 Å². The second-order valence-electron chi connectivity index (χ2n) is 5.41. The van der Waals surface area contributed by atoms with Gasteiger partial charge in [-0.15, -0.1) is 0 Å². The zero-order valence-electron chi connectivity index (χ0n) is 11.8. The molecule has 0 fully saturated rings. The van der Waals surface area contributed by atoms with Crippen LogP contribution in [-0.4, -0.2) is 22.3 Å². The van der Waals surface area contributed by atoms with Crippen molar-refractivity contribution in [3.63, 3.8) is 0 Å². The third-order valence-corrected chi connectivity index (χ3v) is 3.84. The molecule has 2 aromatic carbocycles. The Morgan fingerprint density at radius 2 is 1.78 bits per heavy atom. The Kier molecular flexibility index (Phi) is 3.93. The highest BCUT2D eigenvalue weighted by atomic mass is 19.4. The standard InChI is InChI=1S/C15H13BF3NO3/c17-15(18,19)11-4-9(5-12(6-11)16(22)23)8-1-2-13-10(3-8)7-20-14(13)21/h1-6,14,20-23H,7H2. The Morgan fingerprint density at radius 3 is 2.43 bits per heavy atom. The van der Waals surface area contributed by atoms with E-state index in [0.717, 1.165) is 11.6 Å². The van der Waals surface area contributed by atoms with E-state index in [4.69, 9.17) is 0 Å². The molecule has 3 rings (SSSR count). The number of benzene rings is 2. The van der Waals surface area contributed by atoms with Crippen LogP contribution in [0.1, 0.15) is 22.9 Å². The second kappa shape index (κ2) is 5.65. The molecule has 4 nitrogen and oxygen atoms in total. The van der Waals surface area contributed by atoms with E-state index in [1.54, 1.807) is 18.2 Å². The molecule has 1 aliphatic rings. The molecule has 0 bridgehead atoms. The molecule has 0 amide bonds. The van der Waals surface area contributed by atoms with Gasteiger partial charge in [0.25, 0.3) is 0 Å². The van der Waals surface area contributed by atoms with Crippen LogP contribution in [0.3, 0.4) is 0 Å². The molecule has 120 valence electrons. The topological polar surface area (TPSA) is 72.7 Å². The van der Waals surface area contributed by atoms with Crippen LogP contribution in [0.4, 0.5) is 13.2 Å². The molecule has 1 heterocycles. The minimum Gasteiger partial charge on any atom is -0.423 e. The summed E-state index contributed by atoms with van der Waals surface area (Å²) in [6.45, 7) is 0.415. The Hall–Kier alpha value is -1.87. The first-order valence-electron chi connectivity index (χ1n) is 6.88. The number of fused-ring (bicyclic) bond motifs is 1. The summed E-state index contributed by atoms with van der Waals surface area (Å²) in [6.07, 6.45) is -5.37. The van der Waals surface area contributed by atoms with Gasteiger partial charge in [-0.2, -0.15) is 13.2 Å². The fourth-order valence-electron chi connectivity index (χ4n) is 2.65. The van der Waals surface area contributed by atoms with Crippen molar-refractivity contribution < 1.29 is 28.3 Å². The minimum absolute atomic E-state index is 0.228.